The number of rotatable bonds is 7. The number of nitrogens with one attached hydrogen (secondary N) is 2. The molecule has 0 heterocycles. The molecule has 0 aliphatic heterocycles. The third-order valence-corrected chi connectivity index (χ3v) is 4.47. The Balaban J connectivity index is 1.41. The van der Waals surface area contributed by atoms with Gasteiger partial charge >= 0.3 is 6.09 Å². The first kappa shape index (κ1) is 18.1. The minimum absolute atomic E-state index is 0.150. The zero-order chi connectivity index (χ0) is 18.4. The van der Waals surface area contributed by atoms with Crippen LogP contribution in [0.3, 0.4) is 0 Å². The average Bonchev–Trinajstić information content (AvgIpc) is 2.61. The van der Waals surface area contributed by atoms with Crippen LogP contribution in [0, 0.1) is 6.92 Å². The molecule has 0 spiro atoms. The van der Waals surface area contributed by atoms with Gasteiger partial charge in [-0.05, 0) is 49.9 Å². The van der Waals surface area contributed by atoms with Crippen molar-refractivity contribution < 1.29 is 14.3 Å². The minimum Gasteiger partial charge on any atom is -0.492 e. The Kier molecular flexibility index (Phi) is 6.00. The summed E-state index contributed by atoms with van der Waals surface area (Å²) in [4.78, 5) is 11.9. The Labute approximate surface area is 154 Å². The molecule has 5 heteroatoms. The number of alkyl carbamates (subject to hydrolysis) is 1. The van der Waals surface area contributed by atoms with E-state index in [4.69, 9.17) is 9.47 Å². The molecule has 138 valence electrons. The lowest BCUT2D eigenvalue weighted by molar-refractivity contribution is 0.129. The molecule has 2 aromatic rings. The quantitative estimate of drug-likeness (QED) is 0.780. The van der Waals surface area contributed by atoms with E-state index in [1.165, 1.54) is 5.56 Å². The van der Waals surface area contributed by atoms with Gasteiger partial charge in [-0.2, -0.15) is 0 Å². The minimum atomic E-state index is -0.359. The summed E-state index contributed by atoms with van der Waals surface area (Å²) in [7, 11) is 0. The Bertz CT molecular complexity index is 727. The van der Waals surface area contributed by atoms with Crippen molar-refractivity contribution in [3.63, 3.8) is 0 Å². The molecule has 1 saturated carbocycles. The number of carbonyl (C=O) groups is 1. The van der Waals surface area contributed by atoms with Gasteiger partial charge in [0.1, 0.15) is 12.4 Å². The van der Waals surface area contributed by atoms with Crippen molar-refractivity contribution in [3.05, 3.63) is 59.7 Å². The molecule has 1 fully saturated rings. The van der Waals surface area contributed by atoms with E-state index in [1.807, 2.05) is 43.3 Å². The SMILES string of the molecule is CCOc1cc(C)ccc1NC1CC(NC(=O)OCc2ccccc2)C1. The van der Waals surface area contributed by atoms with Crippen molar-refractivity contribution in [2.75, 3.05) is 11.9 Å². The molecule has 1 aliphatic carbocycles. The van der Waals surface area contributed by atoms with Crippen LogP contribution >= 0.6 is 0 Å². The van der Waals surface area contributed by atoms with E-state index in [0.717, 1.165) is 29.8 Å². The Morgan fingerprint density at radius 3 is 2.62 bits per heavy atom. The van der Waals surface area contributed by atoms with Crippen molar-refractivity contribution in [3.8, 4) is 5.75 Å². The largest absolute Gasteiger partial charge is 0.492 e. The number of carbonyl (C=O) groups excluding carboxylic acids is 1. The maximum absolute atomic E-state index is 11.9. The molecule has 0 aromatic heterocycles. The standard InChI is InChI=1S/C21H26N2O3/c1-3-25-20-11-15(2)9-10-19(20)22-17-12-18(13-17)23-21(24)26-14-16-7-5-4-6-8-16/h4-11,17-18,22H,3,12-14H2,1-2H3,(H,23,24). The normalized spacial score (nSPS) is 18.5. The van der Waals surface area contributed by atoms with Crippen LogP contribution < -0.4 is 15.4 Å². The van der Waals surface area contributed by atoms with Crippen molar-refractivity contribution in [2.45, 2.75) is 45.4 Å². The van der Waals surface area contributed by atoms with Crippen molar-refractivity contribution in [1.82, 2.24) is 5.32 Å². The molecule has 1 aliphatic rings. The number of hydrogen-bond donors (Lipinski definition) is 2. The number of aryl methyl sites for hydroxylation is 1. The topological polar surface area (TPSA) is 59.6 Å². The van der Waals surface area contributed by atoms with Gasteiger partial charge in [0.2, 0.25) is 0 Å². The molecule has 2 N–H and O–H groups in total. The third kappa shape index (κ3) is 4.91. The molecule has 0 bridgehead atoms. The van der Waals surface area contributed by atoms with Crippen LogP contribution in [0.15, 0.2) is 48.5 Å². The van der Waals surface area contributed by atoms with E-state index < -0.39 is 0 Å². The fourth-order valence-corrected chi connectivity index (χ4v) is 3.03. The lowest BCUT2D eigenvalue weighted by Crippen LogP contribution is -2.49. The second-order valence-corrected chi connectivity index (χ2v) is 6.65. The van der Waals surface area contributed by atoms with Gasteiger partial charge in [0.05, 0.1) is 12.3 Å². The molecule has 0 radical (unpaired) electrons. The molecule has 0 unspecified atom stereocenters. The number of ether oxygens (including phenoxy) is 2. The van der Waals surface area contributed by atoms with Crippen LogP contribution in [-0.4, -0.2) is 24.8 Å². The Morgan fingerprint density at radius 1 is 1.12 bits per heavy atom. The van der Waals surface area contributed by atoms with Gasteiger partial charge in [0.25, 0.3) is 0 Å². The molecule has 2 aromatic carbocycles. The first-order chi connectivity index (χ1) is 12.6. The van der Waals surface area contributed by atoms with Crippen LogP contribution in [0.5, 0.6) is 5.75 Å². The first-order valence-corrected chi connectivity index (χ1v) is 9.11. The van der Waals surface area contributed by atoms with Gasteiger partial charge in [-0.25, -0.2) is 4.79 Å². The highest BCUT2D eigenvalue weighted by Crippen LogP contribution is 2.31. The van der Waals surface area contributed by atoms with Gasteiger partial charge in [0.15, 0.2) is 0 Å². The highest BCUT2D eigenvalue weighted by atomic mass is 16.5. The van der Waals surface area contributed by atoms with Crippen molar-refractivity contribution in [1.29, 1.82) is 0 Å². The highest BCUT2D eigenvalue weighted by Gasteiger charge is 2.31. The van der Waals surface area contributed by atoms with E-state index in [2.05, 4.69) is 29.7 Å². The smallest absolute Gasteiger partial charge is 0.407 e. The lowest BCUT2D eigenvalue weighted by atomic mass is 9.86. The van der Waals surface area contributed by atoms with Crippen LogP contribution in [0.2, 0.25) is 0 Å². The molecule has 1 amide bonds. The van der Waals surface area contributed by atoms with Gasteiger partial charge in [-0.15, -0.1) is 0 Å². The van der Waals surface area contributed by atoms with Crippen LogP contribution in [0.25, 0.3) is 0 Å². The van der Waals surface area contributed by atoms with Crippen LogP contribution in [0.1, 0.15) is 30.9 Å². The van der Waals surface area contributed by atoms with E-state index in [-0.39, 0.29) is 12.1 Å². The molecule has 5 nitrogen and oxygen atoms in total. The van der Waals surface area contributed by atoms with Crippen LogP contribution in [-0.2, 0) is 11.3 Å². The zero-order valence-electron chi connectivity index (χ0n) is 15.3. The maximum Gasteiger partial charge on any atom is 0.407 e. The van der Waals surface area contributed by atoms with Crippen molar-refractivity contribution >= 4 is 11.8 Å². The molecule has 3 rings (SSSR count). The summed E-state index contributed by atoms with van der Waals surface area (Å²) in [6.45, 7) is 4.97. The van der Waals surface area contributed by atoms with Gasteiger partial charge in [0, 0.05) is 12.1 Å². The Hall–Kier alpha value is -2.69. The van der Waals surface area contributed by atoms with E-state index in [1.54, 1.807) is 0 Å². The molecular formula is C21H26N2O3. The van der Waals surface area contributed by atoms with E-state index in [9.17, 15) is 4.79 Å². The predicted octanol–water partition coefficient (Wildman–Crippen LogP) is 4.26. The fraction of sp³-hybridized carbons (Fsp3) is 0.381. The van der Waals surface area contributed by atoms with E-state index >= 15 is 0 Å². The first-order valence-electron chi connectivity index (χ1n) is 9.11. The van der Waals surface area contributed by atoms with Gasteiger partial charge in [-0.1, -0.05) is 36.4 Å². The number of amides is 1. The molecule has 0 saturated heterocycles. The highest BCUT2D eigenvalue weighted by molar-refractivity contribution is 5.68. The lowest BCUT2D eigenvalue weighted by Gasteiger charge is -2.36. The second-order valence-electron chi connectivity index (χ2n) is 6.65. The number of hydrogen-bond acceptors (Lipinski definition) is 4. The second kappa shape index (κ2) is 8.61. The maximum atomic E-state index is 11.9. The summed E-state index contributed by atoms with van der Waals surface area (Å²) in [5.74, 6) is 0.881. The predicted molar refractivity (Wildman–Crippen MR) is 103 cm³/mol. The number of benzene rings is 2. The third-order valence-electron chi connectivity index (χ3n) is 4.47. The van der Waals surface area contributed by atoms with Crippen LogP contribution in [0.4, 0.5) is 10.5 Å². The summed E-state index contributed by atoms with van der Waals surface area (Å²) in [6.07, 6.45) is 1.39. The fourth-order valence-electron chi connectivity index (χ4n) is 3.03. The van der Waals surface area contributed by atoms with Gasteiger partial charge in [-0.3, -0.25) is 0 Å². The van der Waals surface area contributed by atoms with E-state index in [0.29, 0.717) is 19.3 Å². The molecular weight excluding hydrogens is 328 g/mol. The van der Waals surface area contributed by atoms with Crippen molar-refractivity contribution in [2.24, 2.45) is 0 Å². The Morgan fingerprint density at radius 2 is 1.88 bits per heavy atom. The average molecular weight is 354 g/mol. The molecule has 26 heavy (non-hydrogen) atoms. The molecule has 0 atom stereocenters. The van der Waals surface area contributed by atoms with Gasteiger partial charge < -0.3 is 20.1 Å². The summed E-state index contributed by atoms with van der Waals surface area (Å²) >= 11 is 0. The monoisotopic (exact) mass is 354 g/mol. The summed E-state index contributed by atoms with van der Waals surface area (Å²) in [5, 5.41) is 6.42. The summed E-state index contributed by atoms with van der Waals surface area (Å²) in [6, 6.07) is 16.3. The summed E-state index contributed by atoms with van der Waals surface area (Å²) in [5.41, 5.74) is 3.17. The number of anilines is 1. The zero-order valence-corrected chi connectivity index (χ0v) is 15.3. The summed E-state index contributed by atoms with van der Waals surface area (Å²) < 4.78 is 11.0.